The van der Waals surface area contributed by atoms with E-state index in [9.17, 15) is 9.18 Å². The molecular weight excluding hydrogens is 221 g/mol. The van der Waals surface area contributed by atoms with Gasteiger partial charge in [0.2, 0.25) is 0 Å². The molecule has 0 amide bonds. The Hall–Kier alpha value is -1.13. The van der Waals surface area contributed by atoms with Crippen LogP contribution < -0.4 is 5.73 Å². The van der Waals surface area contributed by atoms with Gasteiger partial charge in [-0.3, -0.25) is 4.79 Å². The second-order valence-electron chi connectivity index (χ2n) is 3.05. The van der Waals surface area contributed by atoms with E-state index in [0.29, 0.717) is 10.6 Å². The minimum atomic E-state index is -0.652. The number of hydrogen-bond donors (Lipinski definition) is 1. The number of ether oxygens (including phenoxy) is 1. The van der Waals surface area contributed by atoms with Crippen LogP contribution in [-0.2, 0) is 9.53 Å². The van der Waals surface area contributed by atoms with Crippen LogP contribution >= 0.6 is 11.6 Å². The van der Waals surface area contributed by atoms with Crippen LogP contribution in [0.3, 0.4) is 0 Å². The molecule has 0 saturated heterocycles. The summed E-state index contributed by atoms with van der Waals surface area (Å²) in [4.78, 5) is 11.0. The highest BCUT2D eigenvalue weighted by atomic mass is 35.5. The maximum atomic E-state index is 12.9. The number of benzene rings is 1. The van der Waals surface area contributed by atoms with Gasteiger partial charge in [0.05, 0.1) is 13.5 Å². The molecule has 1 aromatic rings. The second kappa shape index (κ2) is 5.09. The van der Waals surface area contributed by atoms with Gasteiger partial charge >= 0.3 is 5.97 Å². The van der Waals surface area contributed by atoms with Crippen LogP contribution in [0.1, 0.15) is 18.0 Å². The molecule has 0 aliphatic heterocycles. The highest BCUT2D eigenvalue weighted by Crippen LogP contribution is 2.24. The van der Waals surface area contributed by atoms with E-state index in [1.807, 2.05) is 0 Å². The van der Waals surface area contributed by atoms with E-state index in [0.717, 1.165) is 0 Å². The van der Waals surface area contributed by atoms with Gasteiger partial charge in [-0.1, -0.05) is 11.6 Å². The van der Waals surface area contributed by atoms with Crippen molar-refractivity contribution in [3.63, 3.8) is 0 Å². The van der Waals surface area contributed by atoms with E-state index in [1.165, 1.54) is 25.3 Å². The highest BCUT2D eigenvalue weighted by molar-refractivity contribution is 6.31. The number of carbonyl (C=O) groups excluding carboxylic acids is 1. The lowest BCUT2D eigenvalue weighted by atomic mass is 10.0. The topological polar surface area (TPSA) is 52.3 Å². The fraction of sp³-hybridized carbons (Fsp3) is 0.300. The molecule has 0 heterocycles. The maximum Gasteiger partial charge on any atom is 0.307 e. The summed E-state index contributed by atoms with van der Waals surface area (Å²) in [5.41, 5.74) is 6.09. The highest BCUT2D eigenvalue weighted by Gasteiger charge is 2.15. The third-order valence-electron chi connectivity index (χ3n) is 1.97. The zero-order valence-corrected chi connectivity index (χ0v) is 8.92. The van der Waals surface area contributed by atoms with Crippen molar-refractivity contribution in [2.75, 3.05) is 7.11 Å². The van der Waals surface area contributed by atoms with Crippen molar-refractivity contribution < 1.29 is 13.9 Å². The van der Waals surface area contributed by atoms with Gasteiger partial charge < -0.3 is 10.5 Å². The van der Waals surface area contributed by atoms with Gasteiger partial charge in [-0.05, 0) is 23.8 Å². The Kier molecular flexibility index (Phi) is 4.05. The molecule has 2 N–H and O–H groups in total. The predicted molar refractivity (Wildman–Crippen MR) is 55.0 cm³/mol. The number of hydrogen-bond acceptors (Lipinski definition) is 3. The first-order chi connectivity index (χ1) is 7.04. The molecule has 82 valence electrons. The molecule has 0 aliphatic carbocycles. The van der Waals surface area contributed by atoms with Crippen LogP contribution in [0.25, 0.3) is 0 Å². The Bertz CT molecular complexity index is 370. The average molecular weight is 232 g/mol. The van der Waals surface area contributed by atoms with Crippen LogP contribution in [0.15, 0.2) is 18.2 Å². The van der Waals surface area contributed by atoms with Crippen LogP contribution in [0.2, 0.25) is 5.02 Å². The van der Waals surface area contributed by atoms with Crippen molar-refractivity contribution in [2.24, 2.45) is 5.73 Å². The normalized spacial score (nSPS) is 12.3. The minimum absolute atomic E-state index is 0.0281. The van der Waals surface area contributed by atoms with E-state index in [-0.39, 0.29) is 6.42 Å². The molecule has 0 spiro atoms. The monoisotopic (exact) mass is 231 g/mol. The van der Waals surface area contributed by atoms with Gasteiger partial charge in [0.1, 0.15) is 5.82 Å². The molecule has 0 saturated carbocycles. The van der Waals surface area contributed by atoms with Gasteiger partial charge in [0.25, 0.3) is 0 Å². The number of halogens is 2. The largest absolute Gasteiger partial charge is 0.469 e. The smallest absolute Gasteiger partial charge is 0.307 e. The quantitative estimate of drug-likeness (QED) is 0.810. The molecule has 1 atom stereocenters. The molecule has 5 heteroatoms. The number of nitrogens with two attached hydrogens (primary N) is 1. The summed E-state index contributed by atoms with van der Waals surface area (Å²) in [6.07, 6.45) is -0.0281. The third-order valence-corrected chi connectivity index (χ3v) is 2.32. The van der Waals surface area contributed by atoms with Crippen LogP contribution in [-0.4, -0.2) is 13.1 Å². The zero-order valence-electron chi connectivity index (χ0n) is 8.17. The Balaban J connectivity index is 2.85. The van der Waals surface area contributed by atoms with Gasteiger partial charge in [0.15, 0.2) is 0 Å². The fourth-order valence-electron chi connectivity index (χ4n) is 1.17. The number of methoxy groups -OCH3 is 1. The molecule has 0 aromatic heterocycles. The van der Waals surface area contributed by atoms with E-state index < -0.39 is 17.8 Å². The first kappa shape index (κ1) is 11.9. The van der Waals surface area contributed by atoms with Gasteiger partial charge in [0, 0.05) is 11.1 Å². The van der Waals surface area contributed by atoms with Crippen molar-refractivity contribution in [2.45, 2.75) is 12.5 Å². The Morgan fingerprint density at radius 2 is 2.33 bits per heavy atom. The maximum absolute atomic E-state index is 12.9. The fourth-order valence-corrected chi connectivity index (χ4v) is 1.43. The van der Waals surface area contributed by atoms with E-state index >= 15 is 0 Å². The number of carbonyl (C=O) groups is 1. The van der Waals surface area contributed by atoms with Crippen LogP contribution in [0.4, 0.5) is 4.39 Å². The molecule has 3 nitrogen and oxygen atoms in total. The Labute approximate surface area is 92.0 Å². The van der Waals surface area contributed by atoms with Crippen molar-refractivity contribution in [3.05, 3.63) is 34.6 Å². The van der Waals surface area contributed by atoms with Crippen molar-refractivity contribution >= 4 is 17.6 Å². The standard InChI is InChI=1S/C10H11ClFNO2/c1-15-10(14)5-9(13)7-4-6(12)2-3-8(7)11/h2-4,9H,5,13H2,1H3/t9-/m1/s1. The van der Waals surface area contributed by atoms with Crippen LogP contribution in [0, 0.1) is 5.82 Å². The molecule has 0 radical (unpaired) electrons. The van der Waals surface area contributed by atoms with E-state index in [2.05, 4.69) is 4.74 Å². The predicted octanol–water partition coefficient (Wildman–Crippen LogP) is 2.04. The Morgan fingerprint density at radius 3 is 2.93 bits per heavy atom. The molecule has 0 bridgehead atoms. The molecular formula is C10H11ClFNO2. The molecule has 15 heavy (non-hydrogen) atoms. The van der Waals surface area contributed by atoms with E-state index in [1.54, 1.807) is 0 Å². The number of rotatable bonds is 3. The lowest BCUT2D eigenvalue weighted by molar-refractivity contribution is -0.141. The first-order valence-electron chi connectivity index (χ1n) is 4.32. The molecule has 0 unspecified atom stereocenters. The first-order valence-corrected chi connectivity index (χ1v) is 4.69. The summed E-state index contributed by atoms with van der Waals surface area (Å²) in [7, 11) is 1.27. The summed E-state index contributed by atoms with van der Waals surface area (Å²) in [5.74, 6) is -0.891. The van der Waals surface area contributed by atoms with Crippen molar-refractivity contribution in [1.82, 2.24) is 0 Å². The summed E-state index contributed by atoms with van der Waals surface area (Å²) >= 11 is 5.82. The molecule has 0 aliphatic rings. The lowest BCUT2D eigenvalue weighted by Gasteiger charge is -2.12. The average Bonchev–Trinajstić information content (AvgIpc) is 2.21. The SMILES string of the molecule is COC(=O)C[C@@H](N)c1cc(F)ccc1Cl. The lowest BCUT2D eigenvalue weighted by Crippen LogP contribution is -2.16. The summed E-state index contributed by atoms with van der Waals surface area (Å²) < 4.78 is 17.4. The summed E-state index contributed by atoms with van der Waals surface area (Å²) in [5, 5.41) is 0.341. The van der Waals surface area contributed by atoms with Crippen molar-refractivity contribution in [3.8, 4) is 0 Å². The van der Waals surface area contributed by atoms with Crippen molar-refractivity contribution in [1.29, 1.82) is 0 Å². The van der Waals surface area contributed by atoms with Gasteiger partial charge in [-0.2, -0.15) is 0 Å². The van der Waals surface area contributed by atoms with Gasteiger partial charge in [-0.15, -0.1) is 0 Å². The summed E-state index contributed by atoms with van der Waals surface area (Å²) in [6.45, 7) is 0. The summed E-state index contributed by atoms with van der Waals surface area (Å²) in [6, 6.07) is 3.20. The molecule has 0 fully saturated rings. The molecule has 1 aromatic carbocycles. The molecule has 1 rings (SSSR count). The van der Waals surface area contributed by atoms with Gasteiger partial charge in [-0.25, -0.2) is 4.39 Å². The second-order valence-corrected chi connectivity index (χ2v) is 3.46. The minimum Gasteiger partial charge on any atom is -0.469 e. The van der Waals surface area contributed by atoms with Crippen LogP contribution in [0.5, 0.6) is 0 Å². The Morgan fingerprint density at radius 1 is 1.67 bits per heavy atom. The van der Waals surface area contributed by atoms with E-state index in [4.69, 9.17) is 17.3 Å². The third kappa shape index (κ3) is 3.18. The number of esters is 1. The zero-order chi connectivity index (χ0) is 11.4.